The molecule has 0 aliphatic heterocycles. The van der Waals surface area contributed by atoms with Crippen LogP contribution in [-0.4, -0.2) is 15.9 Å². The highest BCUT2D eigenvalue weighted by atomic mass is 32.2. The molecule has 0 amide bonds. The Morgan fingerprint density at radius 2 is 1.38 bits per heavy atom. The van der Waals surface area contributed by atoms with Crippen molar-refractivity contribution in [2.24, 2.45) is 0 Å². The lowest BCUT2D eigenvalue weighted by atomic mass is 9.89. The van der Waals surface area contributed by atoms with Gasteiger partial charge in [0.25, 0.3) is 0 Å². The van der Waals surface area contributed by atoms with Gasteiger partial charge in [0.2, 0.25) is 0 Å². The van der Waals surface area contributed by atoms with E-state index in [1.807, 2.05) is 66.5 Å². The van der Waals surface area contributed by atoms with E-state index in [4.69, 9.17) is 4.74 Å². The van der Waals surface area contributed by atoms with Gasteiger partial charge in [-0.2, -0.15) is 11.8 Å². The van der Waals surface area contributed by atoms with Crippen LogP contribution in [0.5, 0.6) is 0 Å². The number of esters is 1. The van der Waals surface area contributed by atoms with Crippen LogP contribution in [0.3, 0.4) is 0 Å². The summed E-state index contributed by atoms with van der Waals surface area (Å²) in [6.45, 7) is 0.260. The van der Waals surface area contributed by atoms with Crippen molar-refractivity contribution < 1.29 is 9.53 Å². The normalized spacial score (nSPS) is 12.1. The van der Waals surface area contributed by atoms with E-state index in [9.17, 15) is 4.79 Å². The third-order valence-electron chi connectivity index (χ3n) is 7.44. The van der Waals surface area contributed by atoms with Gasteiger partial charge >= 0.3 is 5.97 Å². The molecule has 2 aromatic heterocycles. The smallest absolute Gasteiger partial charge is 0.306 e. The Morgan fingerprint density at radius 1 is 0.725 bits per heavy atom. The van der Waals surface area contributed by atoms with Crippen LogP contribution in [0.2, 0.25) is 0 Å². The lowest BCUT2D eigenvalue weighted by Crippen LogP contribution is -2.13. The number of para-hydroxylation sites is 2. The standard InChI is InChI=1S/C35H32N2O2S/c38-35(20-27(19-25-11-3-1-4-12-25)30-21-36-32-17-9-7-15-28(30)32)39-22-31-29-16-8-10-18-33(29)37-34(31)24-40-23-26-13-5-2-6-14-26/h1-18,21,27,36-37H,19-20,22-24H2. The van der Waals surface area contributed by atoms with E-state index in [1.165, 1.54) is 11.1 Å². The summed E-state index contributed by atoms with van der Waals surface area (Å²) in [6.07, 6.45) is 3.14. The zero-order valence-corrected chi connectivity index (χ0v) is 23.1. The molecular formula is C35H32N2O2S. The largest absolute Gasteiger partial charge is 0.461 e. The van der Waals surface area contributed by atoms with Crippen molar-refractivity contribution in [3.05, 3.63) is 143 Å². The van der Waals surface area contributed by atoms with E-state index in [1.54, 1.807) is 0 Å². The number of benzene rings is 4. The Bertz CT molecular complexity index is 1710. The van der Waals surface area contributed by atoms with Gasteiger partial charge in [-0.3, -0.25) is 4.79 Å². The van der Waals surface area contributed by atoms with Crippen molar-refractivity contribution in [1.29, 1.82) is 0 Å². The average Bonchev–Trinajstić information content (AvgIpc) is 3.58. The summed E-state index contributed by atoms with van der Waals surface area (Å²) in [5, 5.41) is 2.27. The van der Waals surface area contributed by atoms with Gasteiger partial charge < -0.3 is 14.7 Å². The molecule has 0 bridgehead atoms. The zero-order valence-electron chi connectivity index (χ0n) is 22.3. The molecule has 1 unspecified atom stereocenters. The number of hydrogen-bond acceptors (Lipinski definition) is 3. The van der Waals surface area contributed by atoms with Crippen molar-refractivity contribution in [3.63, 3.8) is 0 Å². The molecule has 200 valence electrons. The van der Waals surface area contributed by atoms with Gasteiger partial charge in [0.05, 0.1) is 6.42 Å². The number of ether oxygens (including phenoxy) is 1. The Hall–Kier alpha value is -4.22. The molecule has 5 heteroatoms. The molecule has 40 heavy (non-hydrogen) atoms. The van der Waals surface area contributed by atoms with Gasteiger partial charge in [0, 0.05) is 56.7 Å². The maximum Gasteiger partial charge on any atom is 0.306 e. The second-order valence-electron chi connectivity index (χ2n) is 10.1. The van der Waals surface area contributed by atoms with E-state index in [0.29, 0.717) is 6.42 Å². The zero-order chi connectivity index (χ0) is 27.1. The summed E-state index contributed by atoms with van der Waals surface area (Å²) >= 11 is 1.86. The molecule has 0 fully saturated rings. The number of carbonyl (C=O) groups excluding carboxylic acids is 1. The number of H-pyrrole nitrogens is 2. The number of fused-ring (bicyclic) bond motifs is 2. The van der Waals surface area contributed by atoms with Crippen LogP contribution in [0.25, 0.3) is 21.8 Å². The Labute approximate surface area is 238 Å². The fourth-order valence-corrected chi connectivity index (χ4v) is 6.41. The lowest BCUT2D eigenvalue weighted by molar-refractivity contribution is -0.145. The summed E-state index contributed by atoms with van der Waals surface area (Å²) in [5.74, 6) is 1.58. The van der Waals surface area contributed by atoms with Crippen LogP contribution in [0.1, 0.15) is 40.3 Å². The highest BCUT2D eigenvalue weighted by molar-refractivity contribution is 7.97. The Balaban J connectivity index is 1.18. The lowest BCUT2D eigenvalue weighted by Gasteiger charge is -2.17. The maximum absolute atomic E-state index is 13.4. The van der Waals surface area contributed by atoms with Gasteiger partial charge in [-0.15, -0.1) is 0 Å². The van der Waals surface area contributed by atoms with Crippen LogP contribution in [0.4, 0.5) is 0 Å². The maximum atomic E-state index is 13.4. The predicted octanol–water partition coefficient (Wildman–Crippen LogP) is 8.54. The summed E-state index contributed by atoms with van der Waals surface area (Å²) in [6, 6.07) is 37.4. The second-order valence-corrected chi connectivity index (χ2v) is 11.1. The first kappa shape index (κ1) is 26.0. The first-order chi connectivity index (χ1) is 19.7. The molecule has 1 atom stereocenters. The monoisotopic (exact) mass is 544 g/mol. The fraction of sp³-hybridized carbons (Fsp3) is 0.171. The summed E-state index contributed by atoms with van der Waals surface area (Å²) in [7, 11) is 0. The molecule has 0 aliphatic carbocycles. The molecular weight excluding hydrogens is 512 g/mol. The number of hydrogen-bond donors (Lipinski definition) is 2. The molecule has 0 saturated heterocycles. The minimum atomic E-state index is -0.181. The molecule has 2 heterocycles. The van der Waals surface area contributed by atoms with E-state index in [-0.39, 0.29) is 18.5 Å². The van der Waals surface area contributed by atoms with Crippen LogP contribution < -0.4 is 0 Å². The highest BCUT2D eigenvalue weighted by Gasteiger charge is 2.22. The summed E-state index contributed by atoms with van der Waals surface area (Å²) in [5.41, 5.74) is 8.01. The van der Waals surface area contributed by atoms with Crippen molar-refractivity contribution in [2.45, 2.75) is 36.9 Å². The summed E-state index contributed by atoms with van der Waals surface area (Å²) in [4.78, 5) is 20.3. The quantitative estimate of drug-likeness (QED) is 0.161. The number of thioether (sulfide) groups is 1. The van der Waals surface area contributed by atoms with Gasteiger partial charge in [0.1, 0.15) is 6.61 Å². The Morgan fingerprint density at radius 3 is 2.15 bits per heavy atom. The van der Waals surface area contributed by atoms with Crippen LogP contribution in [0, 0.1) is 0 Å². The van der Waals surface area contributed by atoms with E-state index < -0.39 is 0 Å². The first-order valence-corrected chi connectivity index (χ1v) is 14.9. The highest BCUT2D eigenvalue weighted by Crippen LogP contribution is 2.32. The number of aromatic nitrogens is 2. The summed E-state index contributed by atoms with van der Waals surface area (Å²) < 4.78 is 6.00. The van der Waals surface area contributed by atoms with E-state index in [2.05, 4.69) is 70.6 Å². The van der Waals surface area contributed by atoms with E-state index >= 15 is 0 Å². The van der Waals surface area contributed by atoms with Crippen molar-refractivity contribution >= 4 is 39.5 Å². The molecule has 4 nitrogen and oxygen atoms in total. The minimum absolute atomic E-state index is 0.00918. The van der Waals surface area contributed by atoms with Crippen molar-refractivity contribution in [1.82, 2.24) is 9.97 Å². The SMILES string of the molecule is O=C(CC(Cc1ccccc1)c1c[nH]c2ccccc12)OCc1c(CSCc2ccccc2)[nH]c2ccccc12. The van der Waals surface area contributed by atoms with Gasteiger partial charge in [-0.25, -0.2) is 0 Å². The molecule has 6 aromatic rings. The Kier molecular flexibility index (Phi) is 8.01. The van der Waals surface area contributed by atoms with E-state index in [0.717, 1.165) is 56.6 Å². The van der Waals surface area contributed by atoms with Crippen LogP contribution >= 0.6 is 11.8 Å². The van der Waals surface area contributed by atoms with Crippen molar-refractivity contribution in [2.75, 3.05) is 0 Å². The molecule has 0 radical (unpaired) electrons. The first-order valence-electron chi connectivity index (χ1n) is 13.7. The van der Waals surface area contributed by atoms with Crippen molar-refractivity contribution in [3.8, 4) is 0 Å². The minimum Gasteiger partial charge on any atom is -0.461 e. The molecule has 0 spiro atoms. The average molecular weight is 545 g/mol. The molecule has 6 rings (SSSR count). The topological polar surface area (TPSA) is 57.9 Å². The van der Waals surface area contributed by atoms with Crippen LogP contribution in [-0.2, 0) is 34.1 Å². The van der Waals surface area contributed by atoms with Gasteiger partial charge in [0.15, 0.2) is 0 Å². The fourth-order valence-electron chi connectivity index (χ4n) is 5.42. The predicted molar refractivity (Wildman–Crippen MR) is 165 cm³/mol. The number of aromatic amines is 2. The molecule has 2 N–H and O–H groups in total. The second kappa shape index (κ2) is 12.3. The number of carbonyl (C=O) groups is 1. The van der Waals surface area contributed by atoms with Gasteiger partial charge in [-0.1, -0.05) is 97.1 Å². The third kappa shape index (κ3) is 6.00. The molecule has 0 saturated carbocycles. The molecule has 0 aliphatic rings. The molecule has 4 aromatic carbocycles. The number of rotatable bonds is 11. The number of nitrogens with one attached hydrogen (secondary N) is 2. The van der Waals surface area contributed by atoms with Crippen LogP contribution in [0.15, 0.2) is 115 Å². The third-order valence-corrected chi connectivity index (χ3v) is 8.47. The van der Waals surface area contributed by atoms with Gasteiger partial charge in [-0.05, 0) is 35.2 Å².